The maximum absolute atomic E-state index is 10.5. The molecule has 0 amide bonds. The second-order valence-electron chi connectivity index (χ2n) is 2.72. The molecule has 7 heteroatoms. The van der Waals surface area contributed by atoms with Gasteiger partial charge in [0.1, 0.15) is 11.2 Å². The van der Waals surface area contributed by atoms with Crippen molar-refractivity contribution in [1.29, 1.82) is 0 Å². The second kappa shape index (κ2) is 2.91. The van der Waals surface area contributed by atoms with Gasteiger partial charge in [0.2, 0.25) is 0 Å². The number of hydrogen-bond acceptors (Lipinski definition) is 4. The first-order valence-electron chi connectivity index (χ1n) is 3.72. The number of hydrogen-bond donors (Lipinski definition) is 0. The minimum Gasteiger partial charge on any atom is -0.258 e. The molecule has 2 aromatic rings. The minimum atomic E-state index is -0.568. The molecule has 0 atom stereocenters. The molecule has 0 fully saturated rings. The maximum Gasteiger partial charge on any atom is 0.306 e. The Morgan fingerprint density at radius 2 is 2.29 bits per heavy atom. The molecule has 0 aromatic carbocycles. The summed E-state index contributed by atoms with van der Waals surface area (Å²) in [6.45, 7) is 0. The first-order chi connectivity index (χ1) is 6.61. The minimum absolute atomic E-state index is 0.0769. The van der Waals surface area contributed by atoms with E-state index in [2.05, 4.69) is 10.1 Å². The highest BCUT2D eigenvalue weighted by molar-refractivity contribution is 6.37. The second-order valence-corrected chi connectivity index (χ2v) is 3.10. The number of halogens is 1. The molecule has 0 aliphatic carbocycles. The molecule has 0 unspecified atom stereocenters. The van der Waals surface area contributed by atoms with E-state index in [9.17, 15) is 10.1 Å². The summed E-state index contributed by atoms with van der Waals surface area (Å²) in [5.41, 5.74) is 0.327. The Labute approximate surface area is 83.3 Å². The van der Waals surface area contributed by atoms with Gasteiger partial charge in [-0.3, -0.25) is 14.8 Å². The molecular weight excluding hydrogens is 208 g/mol. The van der Waals surface area contributed by atoms with Crippen LogP contribution in [0.15, 0.2) is 12.4 Å². The van der Waals surface area contributed by atoms with Crippen LogP contribution in [0, 0.1) is 10.1 Å². The predicted octanol–water partition coefficient (Wildman–Crippen LogP) is 1.53. The lowest BCUT2D eigenvalue weighted by Gasteiger charge is -1.96. The molecule has 0 spiro atoms. The fourth-order valence-corrected chi connectivity index (χ4v) is 1.43. The van der Waals surface area contributed by atoms with Gasteiger partial charge in [0, 0.05) is 7.05 Å². The lowest BCUT2D eigenvalue weighted by atomic mass is 10.3. The van der Waals surface area contributed by atoms with Crippen LogP contribution in [0.2, 0.25) is 5.02 Å². The van der Waals surface area contributed by atoms with Crippen LogP contribution in [0.5, 0.6) is 0 Å². The van der Waals surface area contributed by atoms with Gasteiger partial charge in [0.15, 0.2) is 5.65 Å². The molecular formula is C7H5ClN4O2. The van der Waals surface area contributed by atoms with Gasteiger partial charge in [-0.15, -0.1) is 0 Å². The smallest absolute Gasteiger partial charge is 0.258 e. The summed E-state index contributed by atoms with van der Waals surface area (Å²) in [5, 5.41) is 15.0. The maximum atomic E-state index is 10.5. The molecule has 2 heterocycles. The van der Waals surface area contributed by atoms with E-state index in [1.807, 2.05) is 0 Å². The number of fused-ring (bicyclic) bond motifs is 1. The Kier molecular flexibility index (Phi) is 1.85. The summed E-state index contributed by atoms with van der Waals surface area (Å²) in [5.74, 6) is 0. The van der Waals surface area contributed by atoms with Crippen molar-refractivity contribution in [3.05, 3.63) is 27.5 Å². The summed E-state index contributed by atoms with van der Waals surface area (Å²) in [4.78, 5) is 13.9. The fourth-order valence-electron chi connectivity index (χ4n) is 1.18. The van der Waals surface area contributed by atoms with Crippen molar-refractivity contribution in [3.63, 3.8) is 0 Å². The Balaban J connectivity index is 2.82. The number of aromatic nitrogens is 3. The molecule has 0 saturated carbocycles. The quantitative estimate of drug-likeness (QED) is 0.531. The standard InChI is InChI=1S/C7H5ClN4O2/c1-11-7-4(2-10-11)6(8)5(3-9-7)12(13)14/h2-3H,1H3. The molecule has 72 valence electrons. The molecule has 0 N–H and O–H groups in total. The third-order valence-electron chi connectivity index (χ3n) is 1.87. The normalized spacial score (nSPS) is 10.7. The Morgan fingerprint density at radius 1 is 1.57 bits per heavy atom. The zero-order chi connectivity index (χ0) is 10.3. The van der Waals surface area contributed by atoms with E-state index < -0.39 is 4.92 Å². The van der Waals surface area contributed by atoms with Crippen molar-refractivity contribution < 1.29 is 4.92 Å². The van der Waals surface area contributed by atoms with Crippen molar-refractivity contribution in [1.82, 2.24) is 14.8 Å². The number of nitro groups is 1. The van der Waals surface area contributed by atoms with E-state index in [1.165, 1.54) is 10.9 Å². The molecule has 2 rings (SSSR count). The summed E-state index contributed by atoms with van der Waals surface area (Å²) in [6.07, 6.45) is 2.59. The van der Waals surface area contributed by atoms with Crippen LogP contribution in [-0.4, -0.2) is 19.7 Å². The average molecular weight is 213 g/mol. The van der Waals surface area contributed by atoms with Crippen LogP contribution in [0.3, 0.4) is 0 Å². The van der Waals surface area contributed by atoms with E-state index in [0.29, 0.717) is 11.0 Å². The Morgan fingerprint density at radius 3 is 2.93 bits per heavy atom. The van der Waals surface area contributed by atoms with Crippen molar-refractivity contribution in [2.45, 2.75) is 0 Å². The number of pyridine rings is 1. The molecule has 0 saturated heterocycles. The predicted molar refractivity (Wildman–Crippen MR) is 50.2 cm³/mol. The van der Waals surface area contributed by atoms with Gasteiger partial charge in [-0.2, -0.15) is 5.10 Å². The third kappa shape index (κ3) is 1.12. The molecule has 2 aromatic heterocycles. The van der Waals surface area contributed by atoms with Gasteiger partial charge in [-0.25, -0.2) is 4.98 Å². The van der Waals surface area contributed by atoms with Crippen LogP contribution >= 0.6 is 11.6 Å². The molecule has 0 aliphatic heterocycles. The van der Waals surface area contributed by atoms with Crippen molar-refractivity contribution in [2.75, 3.05) is 0 Å². The number of aryl methyl sites for hydroxylation is 1. The zero-order valence-electron chi connectivity index (χ0n) is 7.14. The highest BCUT2D eigenvalue weighted by Crippen LogP contribution is 2.30. The summed E-state index contributed by atoms with van der Waals surface area (Å²) in [6, 6.07) is 0. The van der Waals surface area contributed by atoms with Crippen LogP contribution < -0.4 is 0 Å². The first-order valence-corrected chi connectivity index (χ1v) is 4.09. The molecule has 0 aliphatic rings. The third-order valence-corrected chi connectivity index (χ3v) is 2.27. The largest absolute Gasteiger partial charge is 0.306 e. The molecule has 6 nitrogen and oxygen atoms in total. The van der Waals surface area contributed by atoms with E-state index in [-0.39, 0.29) is 10.7 Å². The van der Waals surface area contributed by atoms with Gasteiger partial charge in [-0.1, -0.05) is 11.6 Å². The molecule has 0 radical (unpaired) electrons. The fraction of sp³-hybridized carbons (Fsp3) is 0.143. The number of rotatable bonds is 1. The molecule has 0 bridgehead atoms. The lowest BCUT2D eigenvalue weighted by Crippen LogP contribution is -1.94. The van der Waals surface area contributed by atoms with Crippen molar-refractivity contribution in [3.8, 4) is 0 Å². The SMILES string of the molecule is Cn1ncc2c(Cl)c([N+](=O)[O-])cnc21. The van der Waals surface area contributed by atoms with Gasteiger partial charge < -0.3 is 0 Å². The highest BCUT2D eigenvalue weighted by atomic mass is 35.5. The van der Waals surface area contributed by atoms with Crippen LogP contribution in [0.1, 0.15) is 0 Å². The zero-order valence-corrected chi connectivity index (χ0v) is 7.89. The average Bonchev–Trinajstić information content (AvgIpc) is 2.49. The van der Waals surface area contributed by atoms with E-state index in [4.69, 9.17) is 11.6 Å². The van der Waals surface area contributed by atoms with Crippen molar-refractivity contribution in [2.24, 2.45) is 7.05 Å². The van der Waals surface area contributed by atoms with Gasteiger partial charge in [-0.05, 0) is 0 Å². The summed E-state index contributed by atoms with van der Waals surface area (Å²) in [7, 11) is 1.69. The van der Waals surface area contributed by atoms with Crippen LogP contribution in [0.4, 0.5) is 5.69 Å². The van der Waals surface area contributed by atoms with Gasteiger partial charge in [0.25, 0.3) is 0 Å². The van der Waals surface area contributed by atoms with E-state index in [1.54, 1.807) is 7.05 Å². The van der Waals surface area contributed by atoms with Gasteiger partial charge in [0.05, 0.1) is 16.5 Å². The topological polar surface area (TPSA) is 73.8 Å². The molecule has 14 heavy (non-hydrogen) atoms. The van der Waals surface area contributed by atoms with E-state index >= 15 is 0 Å². The van der Waals surface area contributed by atoms with Crippen LogP contribution in [-0.2, 0) is 7.05 Å². The first kappa shape index (κ1) is 8.89. The van der Waals surface area contributed by atoms with Crippen LogP contribution in [0.25, 0.3) is 11.0 Å². The monoisotopic (exact) mass is 212 g/mol. The highest BCUT2D eigenvalue weighted by Gasteiger charge is 2.17. The summed E-state index contributed by atoms with van der Waals surface area (Å²) < 4.78 is 1.50. The van der Waals surface area contributed by atoms with E-state index in [0.717, 1.165) is 6.20 Å². The van der Waals surface area contributed by atoms with Crippen molar-refractivity contribution >= 4 is 28.3 Å². The Bertz CT molecular complexity index is 522. The lowest BCUT2D eigenvalue weighted by molar-refractivity contribution is -0.384. The number of nitrogens with zero attached hydrogens (tertiary/aromatic N) is 4. The van der Waals surface area contributed by atoms with Gasteiger partial charge >= 0.3 is 5.69 Å². The Hall–Kier alpha value is -1.69. The summed E-state index contributed by atoms with van der Waals surface area (Å²) >= 11 is 5.81.